The lowest BCUT2D eigenvalue weighted by atomic mass is 9.48. The molecule has 29 heavy (non-hydrogen) atoms. The maximum absolute atomic E-state index is 12.3. The van der Waals surface area contributed by atoms with Crippen molar-refractivity contribution < 1.29 is 24.4 Å². The number of phenolic OH excluding ortho intramolecular Hbond substituents is 1. The molecular formula is C23H31NO5. The second-order valence-electron chi connectivity index (χ2n) is 9.85. The third-order valence-electron chi connectivity index (χ3n) is 8.45. The Morgan fingerprint density at radius 2 is 1.97 bits per heavy atom. The van der Waals surface area contributed by atoms with Crippen molar-refractivity contribution >= 4 is 0 Å². The van der Waals surface area contributed by atoms with Gasteiger partial charge in [-0.2, -0.15) is 0 Å². The molecule has 158 valence electrons. The molecule has 1 aromatic carbocycles. The quantitative estimate of drug-likeness (QED) is 0.810. The predicted octanol–water partition coefficient (Wildman–Crippen LogP) is 2.34. The van der Waals surface area contributed by atoms with Crippen LogP contribution in [-0.2, 0) is 21.3 Å². The number of nitrogens with zero attached hydrogens (tertiary/aromatic N) is 1. The molecule has 2 N–H and O–H groups in total. The smallest absolute Gasteiger partial charge is 0.169 e. The first-order valence-electron chi connectivity index (χ1n) is 11.1. The number of rotatable bonds is 3. The molecule has 0 aromatic heterocycles. The summed E-state index contributed by atoms with van der Waals surface area (Å²) in [7, 11) is 1.58. The summed E-state index contributed by atoms with van der Waals surface area (Å²) in [6.45, 7) is 3.22. The monoisotopic (exact) mass is 401 g/mol. The molecule has 2 saturated heterocycles. The third kappa shape index (κ3) is 2.43. The van der Waals surface area contributed by atoms with E-state index in [1.54, 1.807) is 7.11 Å². The Hall–Kier alpha value is -1.34. The number of benzene rings is 1. The van der Waals surface area contributed by atoms with Crippen molar-refractivity contribution in [3.05, 3.63) is 23.3 Å². The Kier molecular flexibility index (Phi) is 3.87. The molecule has 0 amide bonds. The molecule has 2 bridgehead atoms. The van der Waals surface area contributed by atoms with E-state index in [4.69, 9.17) is 14.2 Å². The van der Waals surface area contributed by atoms with Gasteiger partial charge in [0.2, 0.25) is 0 Å². The van der Waals surface area contributed by atoms with Crippen LogP contribution in [0.4, 0.5) is 0 Å². The van der Waals surface area contributed by atoms with Crippen molar-refractivity contribution in [1.29, 1.82) is 0 Å². The number of likely N-dealkylation sites (tertiary alicyclic amines) is 1. The molecule has 6 rings (SSSR count). The molecule has 0 unspecified atom stereocenters. The number of hydrogen-bond acceptors (Lipinski definition) is 6. The molecule has 6 nitrogen and oxygen atoms in total. The van der Waals surface area contributed by atoms with E-state index in [0.717, 1.165) is 43.0 Å². The normalized spacial score (nSPS) is 37.9. The number of ether oxygens (including phenoxy) is 3. The van der Waals surface area contributed by atoms with Crippen LogP contribution in [0.5, 0.6) is 11.5 Å². The number of fused-ring (bicyclic) bond motifs is 1. The first kappa shape index (κ1) is 18.4. The minimum absolute atomic E-state index is 0.0795. The maximum atomic E-state index is 12.3. The molecule has 0 radical (unpaired) electrons. The Balaban J connectivity index is 1.52. The lowest BCUT2D eigenvalue weighted by Gasteiger charge is -2.65. The van der Waals surface area contributed by atoms with Crippen LogP contribution in [0.2, 0.25) is 0 Å². The van der Waals surface area contributed by atoms with Crippen LogP contribution in [0.1, 0.15) is 49.7 Å². The Morgan fingerprint density at radius 3 is 2.69 bits per heavy atom. The number of hydrogen-bond donors (Lipinski definition) is 2. The molecule has 1 aromatic rings. The Morgan fingerprint density at radius 1 is 1.17 bits per heavy atom. The van der Waals surface area contributed by atoms with E-state index in [2.05, 4.69) is 11.0 Å². The zero-order chi connectivity index (χ0) is 19.9. The second kappa shape index (κ2) is 6.10. The van der Waals surface area contributed by atoms with Crippen molar-refractivity contribution in [3.63, 3.8) is 0 Å². The number of aromatic hydroxyl groups is 1. The van der Waals surface area contributed by atoms with E-state index in [0.29, 0.717) is 38.2 Å². The summed E-state index contributed by atoms with van der Waals surface area (Å²) < 4.78 is 17.7. The average molecular weight is 402 g/mol. The molecule has 1 spiro atoms. The number of methoxy groups -OCH3 is 1. The van der Waals surface area contributed by atoms with Gasteiger partial charge in [-0.25, -0.2) is 0 Å². The highest BCUT2D eigenvalue weighted by atomic mass is 16.7. The van der Waals surface area contributed by atoms with Gasteiger partial charge in [-0.15, -0.1) is 0 Å². The summed E-state index contributed by atoms with van der Waals surface area (Å²) in [4.78, 5) is 2.54. The van der Waals surface area contributed by atoms with Crippen molar-refractivity contribution in [2.24, 2.45) is 5.92 Å². The molecular weight excluding hydrogens is 370 g/mol. The van der Waals surface area contributed by atoms with Crippen LogP contribution in [0.15, 0.2) is 12.1 Å². The van der Waals surface area contributed by atoms with E-state index < -0.39 is 16.8 Å². The minimum Gasteiger partial charge on any atom is -0.504 e. The Bertz CT molecular complexity index is 833. The lowest BCUT2D eigenvalue weighted by Crippen LogP contribution is -2.75. The first-order chi connectivity index (χ1) is 14.0. The van der Waals surface area contributed by atoms with Gasteiger partial charge in [0.15, 0.2) is 17.3 Å². The van der Waals surface area contributed by atoms with Crippen molar-refractivity contribution in [3.8, 4) is 11.5 Å². The van der Waals surface area contributed by atoms with E-state index in [1.165, 1.54) is 12.8 Å². The van der Waals surface area contributed by atoms with Crippen molar-refractivity contribution in [2.75, 3.05) is 33.4 Å². The molecule has 2 heterocycles. The highest BCUT2D eigenvalue weighted by Gasteiger charge is 2.69. The Labute approximate surface area is 171 Å². The van der Waals surface area contributed by atoms with Gasteiger partial charge >= 0.3 is 0 Å². The van der Waals surface area contributed by atoms with E-state index >= 15 is 0 Å². The van der Waals surface area contributed by atoms with Gasteiger partial charge in [0, 0.05) is 36.4 Å². The maximum Gasteiger partial charge on any atom is 0.169 e. The van der Waals surface area contributed by atoms with E-state index in [9.17, 15) is 10.2 Å². The molecule has 2 saturated carbocycles. The zero-order valence-electron chi connectivity index (χ0n) is 17.2. The summed E-state index contributed by atoms with van der Waals surface area (Å²) in [5.74, 6) is 0.813. The molecule has 5 aliphatic rings. The van der Waals surface area contributed by atoms with Gasteiger partial charge in [0.05, 0.1) is 25.9 Å². The average Bonchev–Trinajstić information content (AvgIpc) is 3.42. The second-order valence-corrected chi connectivity index (χ2v) is 9.85. The molecule has 4 fully saturated rings. The molecule has 6 heteroatoms. The van der Waals surface area contributed by atoms with Crippen molar-refractivity contribution in [1.82, 2.24) is 4.90 Å². The SMILES string of the molecule is COc1ccc2c(c1O)[C@]13CCN(CC4CC4)[C@H](C2)[C@]1(O)CCC1(C3)OCCO1. The molecule has 3 atom stereocenters. The van der Waals surface area contributed by atoms with Gasteiger partial charge in [-0.1, -0.05) is 6.07 Å². The number of phenols is 1. The van der Waals surface area contributed by atoms with Gasteiger partial charge in [-0.3, -0.25) is 4.90 Å². The standard InChI is InChI=1S/C23H31NO5/c1-27-17-5-4-16-12-18-23(26)7-6-22(28-10-11-29-22)14-21(23,19(16)20(17)25)8-9-24(18)13-15-2-3-15/h4-5,15,18,25-26H,2-3,6-14H2,1H3/t18-,21-,23-/m1/s1. The van der Waals surface area contributed by atoms with Crippen LogP contribution < -0.4 is 4.74 Å². The van der Waals surface area contributed by atoms with Gasteiger partial charge < -0.3 is 24.4 Å². The highest BCUT2D eigenvalue weighted by molar-refractivity contribution is 5.58. The summed E-state index contributed by atoms with van der Waals surface area (Å²) >= 11 is 0. The highest BCUT2D eigenvalue weighted by Crippen LogP contribution is 2.63. The fourth-order valence-electron chi connectivity index (χ4n) is 6.92. The molecule has 2 aliphatic heterocycles. The third-order valence-corrected chi connectivity index (χ3v) is 8.45. The van der Waals surface area contributed by atoms with Crippen LogP contribution in [0.25, 0.3) is 0 Å². The first-order valence-corrected chi connectivity index (χ1v) is 11.1. The number of aliphatic hydroxyl groups is 1. The van der Waals surface area contributed by atoms with Crippen LogP contribution in [0.3, 0.4) is 0 Å². The summed E-state index contributed by atoms with van der Waals surface area (Å²) in [6, 6.07) is 4.02. The predicted molar refractivity (Wildman–Crippen MR) is 106 cm³/mol. The van der Waals surface area contributed by atoms with Gasteiger partial charge in [-0.05, 0) is 56.2 Å². The number of piperidine rings is 1. The van der Waals surface area contributed by atoms with Gasteiger partial charge in [0.1, 0.15) is 0 Å². The summed E-state index contributed by atoms with van der Waals surface area (Å²) in [6.07, 6.45) is 6.13. The lowest BCUT2D eigenvalue weighted by molar-refractivity contribution is -0.259. The van der Waals surface area contributed by atoms with Crippen LogP contribution in [-0.4, -0.2) is 66.0 Å². The van der Waals surface area contributed by atoms with Crippen LogP contribution >= 0.6 is 0 Å². The summed E-state index contributed by atoms with van der Waals surface area (Å²) in [5, 5.41) is 23.6. The zero-order valence-corrected chi connectivity index (χ0v) is 17.2. The van der Waals surface area contributed by atoms with Crippen molar-refractivity contribution in [2.45, 2.75) is 67.8 Å². The fraction of sp³-hybridized carbons (Fsp3) is 0.739. The minimum atomic E-state index is -0.891. The summed E-state index contributed by atoms with van der Waals surface area (Å²) in [5.41, 5.74) is 0.540. The fourth-order valence-corrected chi connectivity index (χ4v) is 6.92. The topological polar surface area (TPSA) is 71.4 Å². The van der Waals surface area contributed by atoms with E-state index in [1.807, 2.05) is 6.07 Å². The van der Waals surface area contributed by atoms with Crippen LogP contribution in [0, 0.1) is 5.92 Å². The van der Waals surface area contributed by atoms with Gasteiger partial charge in [0.25, 0.3) is 0 Å². The van der Waals surface area contributed by atoms with E-state index in [-0.39, 0.29) is 11.8 Å². The molecule has 3 aliphatic carbocycles. The largest absolute Gasteiger partial charge is 0.504 e.